The predicted molar refractivity (Wildman–Crippen MR) is 104 cm³/mol. The minimum Gasteiger partial charge on any atom is -0.497 e. The van der Waals surface area contributed by atoms with E-state index < -0.39 is 6.09 Å². The number of carbonyl (C=O) groups is 1. The molecule has 1 N–H and O–H groups in total. The van der Waals surface area contributed by atoms with Crippen molar-refractivity contribution in [1.82, 2.24) is 4.90 Å². The first kappa shape index (κ1) is 18.7. The SMILES string of the molecule is CCN(CC)C(=O)Oc1ccc(OC)cc1C(=S)Nc1ccccc1. The van der Waals surface area contributed by atoms with Crippen LogP contribution in [0.1, 0.15) is 19.4 Å². The van der Waals surface area contributed by atoms with Gasteiger partial charge in [0.1, 0.15) is 16.5 Å². The molecule has 0 fully saturated rings. The van der Waals surface area contributed by atoms with E-state index >= 15 is 0 Å². The molecule has 0 aromatic heterocycles. The predicted octanol–water partition coefficient (Wildman–Crippen LogP) is 4.32. The van der Waals surface area contributed by atoms with E-state index in [1.807, 2.05) is 44.2 Å². The van der Waals surface area contributed by atoms with E-state index in [1.54, 1.807) is 30.2 Å². The maximum Gasteiger partial charge on any atom is 0.415 e. The summed E-state index contributed by atoms with van der Waals surface area (Å²) in [7, 11) is 1.58. The Morgan fingerprint density at radius 3 is 2.40 bits per heavy atom. The summed E-state index contributed by atoms with van der Waals surface area (Å²) in [5.41, 5.74) is 1.45. The van der Waals surface area contributed by atoms with Gasteiger partial charge in [-0.15, -0.1) is 0 Å². The molecule has 0 bridgehead atoms. The first-order chi connectivity index (χ1) is 12.1. The van der Waals surface area contributed by atoms with Crippen LogP contribution in [0.2, 0.25) is 0 Å². The van der Waals surface area contributed by atoms with Crippen LogP contribution in [0.4, 0.5) is 10.5 Å². The summed E-state index contributed by atoms with van der Waals surface area (Å²) in [5, 5.41) is 3.15. The molecule has 0 aliphatic heterocycles. The fourth-order valence-electron chi connectivity index (χ4n) is 2.26. The Bertz CT molecular complexity index is 731. The minimum absolute atomic E-state index is 0.395. The van der Waals surface area contributed by atoms with Crippen molar-refractivity contribution in [1.29, 1.82) is 0 Å². The van der Waals surface area contributed by atoms with Gasteiger partial charge in [-0.1, -0.05) is 30.4 Å². The second-order valence-corrected chi connectivity index (χ2v) is 5.63. The maximum atomic E-state index is 12.3. The highest BCUT2D eigenvalue weighted by Gasteiger charge is 2.17. The highest BCUT2D eigenvalue weighted by Crippen LogP contribution is 2.26. The molecular formula is C19H22N2O3S. The Morgan fingerprint density at radius 2 is 1.80 bits per heavy atom. The van der Waals surface area contributed by atoms with E-state index in [0.29, 0.717) is 35.1 Å². The molecule has 0 aliphatic rings. The lowest BCUT2D eigenvalue weighted by atomic mass is 10.1. The number of rotatable bonds is 6. The minimum atomic E-state index is -0.404. The van der Waals surface area contributed by atoms with Crippen molar-refractivity contribution in [3.8, 4) is 11.5 Å². The molecule has 2 aromatic carbocycles. The van der Waals surface area contributed by atoms with Crippen molar-refractivity contribution in [2.75, 3.05) is 25.5 Å². The zero-order valence-corrected chi connectivity index (χ0v) is 15.4. The van der Waals surface area contributed by atoms with E-state index in [0.717, 1.165) is 5.69 Å². The average Bonchev–Trinajstić information content (AvgIpc) is 2.63. The van der Waals surface area contributed by atoms with E-state index in [1.165, 1.54) is 0 Å². The van der Waals surface area contributed by atoms with Gasteiger partial charge >= 0.3 is 6.09 Å². The Hall–Kier alpha value is -2.60. The van der Waals surface area contributed by atoms with E-state index in [2.05, 4.69) is 5.32 Å². The topological polar surface area (TPSA) is 50.8 Å². The molecule has 132 valence electrons. The number of hydrogen-bond acceptors (Lipinski definition) is 4. The number of amides is 1. The zero-order valence-electron chi connectivity index (χ0n) is 14.6. The molecular weight excluding hydrogens is 336 g/mol. The second-order valence-electron chi connectivity index (χ2n) is 5.22. The average molecular weight is 358 g/mol. The quantitative estimate of drug-likeness (QED) is 0.779. The number of para-hydroxylation sites is 1. The molecule has 2 rings (SSSR count). The lowest BCUT2D eigenvalue weighted by Crippen LogP contribution is -2.33. The van der Waals surface area contributed by atoms with E-state index in [4.69, 9.17) is 21.7 Å². The van der Waals surface area contributed by atoms with Crippen LogP contribution >= 0.6 is 12.2 Å². The summed E-state index contributed by atoms with van der Waals surface area (Å²) >= 11 is 5.50. The molecule has 0 saturated heterocycles. The summed E-state index contributed by atoms with van der Waals surface area (Å²) in [6, 6.07) is 14.8. The van der Waals surface area contributed by atoms with Crippen molar-refractivity contribution in [2.24, 2.45) is 0 Å². The number of nitrogens with zero attached hydrogens (tertiary/aromatic N) is 1. The van der Waals surface area contributed by atoms with Crippen molar-refractivity contribution < 1.29 is 14.3 Å². The van der Waals surface area contributed by atoms with Crippen molar-refractivity contribution in [3.05, 3.63) is 54.1 Å². The van der Waals surface area contributed by atoms with Crippen molar-refractivity contribution in [2.45, 2.75) is 13.8 Å². The van der Waals surface area contributed by atoms with Gasteiger partial charge in [-0.05, 0) is 44.2 Å². The first-order valence-electron chi connectivity index (χ1n) is 8.10. The molecule has 0 spiro atoms. The highest BCUT2D eigenvalue weighted by molar-refractivity contribution is 7.81. The van der Waals surface area contributed by atoms with E-state index in [-0.39, 0.29) is 0 Å². The third kappa shape index (κ3) is 4.93. The van der Waals surface area contributed by atoms with Crippen LogP contribution in [0.3, 0.4) is 0 Å². The Labute approximate surface area is 153 Å². The van der Waals surface area contributed by atoms with Gasteiger partial charge in [0.25, 0.3) is 0 Å². The smallest absolute Gasteiger partial charge is 0.415 e. The lowest BCUT2D eigenvalue weighted by Gasteiger charge is -2.20. The first-order valence-corrected chi connectivity index (χ1v) is 8.51. The van der Waals surface area contributed by atoms with Crippen LogP contribution in [0, 0.1) is 0 Å². The van der Waals surface area contributed by atoms with Gasteiger partial charge in [0, 0.05) is 18.8 Å². The number of nitrogens with one attached hydrogen (secondary N) is 1. The highest BCUT2D eigenvalue weighted by atomic mass is 32.1. The summed E-state index contributed by atoms with van der Waals surface area (Å²) in [4.78, 5) is 14.3. The third-order valence-electron chi connectivity index (χ3n) is 3.68. The molecule has 2 aromatic rings. The number of thiocarbonyl (C=S) groups is 1. The standard InChI is InChI=1S/C19H22N2O3S/c1-4-21(5-2)19(22)24-17-12-11-15(23-3)13-16(17)18(25)20-14-9-7-6-8-10-14/h6-13H,4-5H2,1-3H3,(H,20,25). The van der Waals surface area contributed by atoms with Gasteiger partial charge < -0.3 is 19.7 Å². The Kier molecular flexibility index (Phi) is 6.77. The Balaban J connectivity index is 2.28. The van der Waals surface area contributed by atoms with Crippen molar-refractivity contribution >= 4 is 29.0 Å². The van der Waals surface area contributed by atoms with Crippen LogP contribution in [-0.4, -0.2) is 36.2 Å². The van der Waals surface area contributed by atoms with Crippen LogP contribution in [-0.2, 0) is 0 Å². The molecule has 0 unspecified atom stereocenters. The summed E-state index contributed by atoms with van der Waals surface area (Å²) in [5.74, 6) is 1.03. The van der Waals surface area contributed by atoms with Gasteiger partial charge in [-0.3, -0.25) is 0 Å². The summed E-state index contributed by atoms with van der Waals surface area (Å²) in [6.45, 7) is 4.96. The fraction of sp³-hybridized carbons (Fsp3) is 0.263. The number of hydrogen-bond donors (Lipinski definition) is 1. The maximum absolute atomic E-state index is 12.3. The summed E-state index contributed by atoms with van der Waals surface area (Å²) < 4.78 is 10.8. The number of anilines is 1. The van der Waals surface area contributed by atoms with Crippen molar-refractivity contribution in [3.63, 3.8) is 0 Å². The van der Waals surface area contributed by atoms with Gasteiger partial charge in [0.2, 0.25) is 0 Å². The third-order valence-corrected chi connectivity index (χ3v) is 4.00. The zero-order chi connectivity index (χ0) is 18.2. The molecule has 6 heteroatoms. The second kappa shape index (κ2) is 9.03. The van der Waals surface area contributed by atoms with E-state index in [9.17, 15) is 4.79 Å². The Morgan fingerprint density at radius 1 is 1.12 bits per heavy atom. The molecule has 1 amide bonds. The number of benzene rings is 2. The lowest BCUT2D eigenvalue weighted by molar-refractivity contribution is 0.157. The summed E-state index contributed by atoms with van der Waals surface area (Å²) in [6.07, 6.45) is -0.404. The number of ether oxygens (including phenoxy) is 2. The van der Waals surface area contributed by atoms with Crippen LogP contribution < -0.4 is 14.8 Å². The molecule has 5 nitrogen and oxygen atoms in total. The van der Waals surface area contributed by atoms with Gasteiger partial charge in [-0.25, -0.2) is 4.79 Å². The number of carbonyl (C=O) groups excluding carboxylic acids is 1. The molecule has 0 radical (unpaired) electrons. The molecule has 25 heavy (non-hydrogen) atoms. The molecule has 0 heterocycles. The van der Waals surface area contributed by atoms with Crippen LogP contribution in [0.25, 0.3) is 0 Å². The normalized spacial score (nSPS) is 10.0. The van der Waals surface area contributed by atoms with Crippen LogP contribution in [0.5, 0.6) is 11.5 Å². The molecule has 0 atom stereocenters. The largest absolute Gasteiger partial charge is 0.497 e. The van der Waals surface area contributed by atoms with Gasteiger partial charge in [0.05, 0.1) is 12.7 Å². The number of methoxy groups -OCH3 is 1. The van der Waals surface area contributed by atoms with Gasteiger partial charge in [-0.2, -0.15) is 0 Å². The fourth-order valence-corrected chi connectivity index (χ4v) is 2.54. The molecule has 0 saturated carbocycles. The monoisotopic (exact) mass is 358 g/mol. The van der Waals surface area contributed by atoms with Gasteiger partial charge in [0.15, 0.2) is 0 Å². The van der Waals surface area contributed by atoms with Crippen LogP contribution in [0.15, 0.2) is 48.5 Å². The molecule has 0 aliphatic carbocycles.